The highest BCUT2D eigenvalue weighted by molar-refractivity contribution is 9.13. The molecule has 94 valence electrons. The van der Waals surface area contributed by atoms with Crippen LogP contribution in [-0.2, 0) is 0 Å². The highest BCUT2D eigenvalue weighted by atomic mass is 79.9. The van der Waals surface area contributed by atoms with Crippen LogP contribution in [0.5, 0.6) is 0 Å². The van der Waals surface area contributed by atoms with Crippen molar-refractivity contribution in [2.75, 3.05) is 13.1 Å². The summed E-state index contributed by atoms with van der Waals surface area (Å²) in [6, 6.07) is 2.09. The molecule has 2 N–H and O–H groups in total. The van der Waals surface area contributed by atoms with Crippen LogP contribution in [0.4, 0.5) is 0 Å². The van der Waals surface area contributed by atoms with Gasteiger partial charge in [0.15, 0.2) is 0 Å². The fraction of sp³-hybridized carbons (Fsp3) is 0.545. The van der Waals surface area contributed by atoms with Crippen LogP contribution in [0.1, 0.15) is 23.0 Å². The fourth-order valence-corrected chi connectivity index (χ4v) is 3.96. The Morgan fingerprint density at radius 2 is 2.29 bits per heavy atom. The van der Waals surface area contributed by atoms with Gasteiger partial charge >= 0.3 is 0 Å². The molecule has 2 rings (SSSR count). The molecule has 1 aliphatic heterocycles. The lowest BCUT2D eigenvalue weighted by atomic mass is 9.95. The van der Waals surface area contributed by atoms with E-state index < -0.39 is 0 Å². The second-order valence-electron chi connectivity index (χ2n) is 4.41. The van der Waals surface area contributed by atoms with E-state index in [1.54, 1.807) is 0 Å². The van der Waals surface area contributed by atoms with E-state index in [0.717, 1.165) is 32.6 Å². The van der Waals surface area contributed by atoms with Crippen molar-refractivity contribution in [1.29, 1.82) is 0 Å². The summed E-state index contributed by atoms with van der Waals surface area (Å²) in [5.74, 6) is 0.486. The molecule has 6 heteroatoms. The molecule has 1 aromatic heterocycles. The maximum Gasteiger partial charge on any atom is 0.264 e. The molecule has 2 atom stereocenters. The molecule has 1 aliphatic rings. The van der Waals surface area contributed by atoms with Crippen LogP contribution in [0.3, 0.4) is 0 Å². The molecule has 0 bridgehead atoms. The maximum absolute atomic E-state index is 12.3. The van der Waals surface area contributed by atoms with Gasteiger partial charge < -0.3 is 10.6 Å². The average Bonchev–Trinajstić information content (AvgIpc) is 2.62. The van der Waals surface area contributed by atoms with E-state index in [4.69, 9.17) is 5.73 Å². The predicted octanol–water partition coefficient (Wildman–Crippen LogP) is 3.08. The van der Waals surface area contributed by atoms with Crippen molar-refractivity contribution < 1.29 is 4.79 Å². The molecule has 0 aromatic carbocycles. The van der Waals surface area contributed by atoms with Crippen molar-refractivity contribution in [2.24, 2.45) is 11.7 Å². The van der Waals surface area contributed by atoms with Gasteiger partial charge in [-0.15, -0.1) is 11.3 Å². The van der Waals surface area contributed by atoms with Gasteiger partial charge in [-0.05, 0) is 50.3 Å². The number of carbonyl (C=O) groups excluding carboxylic acids is 1. The topological polar surface area (TPSA) is 46.3 Å². The van der Waals surface area contributed by atoms with Gasteiger partial charge in [0.05, 0.1) is 8.66 Å². The van der Waals surface area contributed by atoms with Crippen LogP contribution in [-0.4, -0.2) is 29.9 Å². The Morgan fingerprint density at radius 3 is 2.82 bits per heavy atom. The van der Waals surface area contributed by atoms with Crippen LogP contribution in [0.15, 0.2) is 14.3 Å². The maximum atomic E-state index is 12.3. The summed E-state index contributed by atoms with van der Waals surface area (Å²) >= 11 is 8.28. The predicted molar refractivity (Wildman–Crippen MR) is 77.4 cm³/mol. The van der Waals surface area contributed by atoms with Gasteiger partial charge in [-0.1, -0.05) is 6.92 Å². The molecule has 2 heterocycles. The summed E-state index contributed by atoms with van der Waals surface area (Å²) < 4.78 is 1.90. The number of halogens is 2. The van der Waals surface area contributed by atoms with Gasteiger partial charge in [-0.3, -0.25) is 4.79 Å². The number of carbonyl (C=O) groups is 1. The molecular weight excluding hydrogens is 368 g/mol. The number of nitrogens with two attached hydrogens (primary N) is 1. The Labute approximate surface area is 122 Å². The molecular formula is C11H14Br2N2OS. The second-order valence-corrected chi connectivity index (χ2v) is 7.64. The summed E-state index contributed by atoms with van der Waals surface area (Å²) in [5, 5.41) is 0. The number of amides is 1. The van der Waals surface area contributed by atoms with E-state index in [2.05, 4.69) is 38.8 Å². The number of piperidine rings is 1. The minimum absolute atomic E-state index is 0.111. The van der Waals surface area contributed by atoms with Crippen molar-refractivity contribution in [3.63, 3.8) is 0 Å². The third-order valence-corrected chi connectivity index (χ3v) is 6.36. The van der Waals surface area contributed by atoms with Crippen molar-refractivity contribution in [3.05, 3.63) is 19.2 Å². The smallest absolute Gasteiger partial charge is 0.264 e. The largest absolute Gasteiger partial charge is 0.338 e. The van der Waals surface area contributed by atoms with Crippen LogP contribution in [0, 0.1) is 5.92 Å². The molecule has 1 saturated heterocycles. The Balaban J connectivity index is 2.10. The number of likely N-dealkylation sites (tertiary alicyclic amines) is 1. The number of nitrogens with zero attached hydrogens (tertiary/aromatic N) is 1. The minimum atomic E-state index is 0.111. The number of hydrogen-bond acceptors (Lipinski definition) is 3. The quantitative estimate of drug-likeness (QED) is 0.812. The van der Waals surface area contributed by atoms with Crippen molar-refractivity contribution in [1.82, 2.24) is 4.90 Å². The van der Waals surface area contributed by atoms with E-state index >= 15 is 0 Å². The first-order valence-corrected chi connectivity index (χ1v) is 7.89. The van der Waals surface area contributed by atoms with Crippen LogP contribution >= 0.6 is 43.2 Å². The van der Waals surface area contributed by atoms with Crippen molar-refractivity contribution in [3.8, 4) is 0 Å². The molecule has 17 heavy (non-hydrogen) atoms. The van der Waals surface area contributed by atoms with Crippen molar-refractivity contribution >= 4 is 49.1 Å². The van der Waals surface area contributed by atoms with Gasteiger partial charge in [0.25, 0.3) is 5.91 Å². The van der Waals surface area contributed by atoms with Gasteiger partial charge in [-0.2, -0.15) is 0 Å². The normalized spacial score (nSPS) is 25.1. The van der Waals surface area contributed by atoms with Gasteiger partial charge in [-0.25, -0.2) is 0 Å². The number of thiophene rings is 1. The zero-order valence-corrected chi connectivity index (χ0v) is 13.4. The SMILES string of the molecule is CC1CN(C(=O)c2cc(Br)c(Br)s2)CCC1N. The molecule has 3 nitrogen and oxygen atoms in total. The fourth-order valence-electron chi connectivity index (χ4n) is 1.96. The number of rotatable bonds is 1. The van der Waals surface area contributed by atoms with E-state index in [1.165, 1.54) is 11.3 Å². The van der Waals surface area contributed by atoms with Gasteiger partial charge in [0.1, 0.15) is 0 Å². The van der Waals surface area contributed by atoms with Gasteiger partial charge in [0, 0.05) is 23.6 Å². The monoisotopic (exact) mass is 380 g/mol. The zero-order chi connectivity index (χ0) is 12.6. The standard InChI is InChI=1S/C11H14Br2N2OS/c1-6-5-15(3-2-8(6)14)11(16)9-4-7(12)10(13)17-9/h4,6,8H,2-3,5,14H2,1H3. The van der Waals surface area contributed by atoms with Crippen LogP contribution < -0.4 is 5.73 Å². The molecule has 0 saturated carbocycles. The Hall–Kier alpha value is 0.0900. The van der Waals surface area contributed by atoms with Crippen LogP contribution in [0.2, 0.25) is 0 Å². The lowest BCUT2D eigenvalue weighted by Crippen LogP contribution is -2.48. The molecule has 1 amide bonds. The molecule has 0 aliphatic carbocycles. The molecule has 1 aromatic rings. The number of hydrogen-bond donors (Lipinski definition) is 1. The minimum Gasteiger partial charge on any atom is -0.338 e. The Bertz CT molecular complexity index is 416. The molecule has 2 unspecified atom stereocenters. The Kier molecular flexibility index (Phi) is 4.28. The van der Waals surface area contributed by atoms with E-state index in [9.17, 15) is 4.79 Å². The van der Waals surface area contributed by atoms with Crippen LogP contribution in [0.25, 0.3) is 0 Å². The van der Waals surface area contributed by atoms with E-state index in [1.807, 2.05) is 11.0 Å². The molecule has 1 fully saturated rings. The summed E-state index contributed by atoms with van der Waals surface area (Å²) in [5.41, 5.74) is 5.96. The second kappa shape index (κ2) is 5.38. The Morgan fingerprint density at radius 1 is 1.59 bits per heavy atom. The highest BCUT2D eigenvalue weighted by Crippen LogP contribution is 2.33. The molecule has 0 radical (unpaired) electrons. The first-order chi connectivity index (χ1) is 7.99. The van der Waals surface area contributed by atoms with E-state index in [0.29, 0.717) is 5.92 Å². The lowest BCUT2D eigenvalue weighted by Gasteiger charge is -2.34. The van der Waals surface area contributed by atoms with Crippen molar-refractivity contribution in [2.45, 2.75) is 19.4 Å². The molecule has 0 spiro atoms. The highest BCUT2D eigenvalue weighted by Gasteiger charge is 2.27. The zero-order valence-electron chi connectivity index (χ0n) is 9.45. The summed E-state index contributed by atoms with van der Waals surface area (Å²) in [6.07, 6.45) is 0.890. The third kappa shape index (κ3) is 2.92. The van der Waals surface area contributed by atoms with E-state index in [-0.39, 0.29) is 11.9 Å². The third-order valence-electron chi connectivity index (χ3n) is 3.11. The summed E-state index contributed by atoms with van der Waals surface area (Å²) in [6.45, 7) is 3.62. The lowest BCUT2D eigenvalue weighted by molar-refractivity contribution is 0.0669. The average molecular weight is 382 g/mol. The van der Waals surface area contributed by atoms with Gasteiger partial charge in [0.2, 0.25) is 0 Å². The first kappa shape index (κ1) is 13.5. The first-order valence-electron chi connectivity index (χ1n) is 5.48. The summed E-state index contributed by atoms with van der Waals surface area (Å²) in [4.78, 5) is 14.9. The summed E-state index contributed by atoms with van der Waals surface area (Å²) in [7, 11) is 0.